The smallest absolute Gasteiger partial charge is 0.268 e. The second-order valence-electron chi connectivity index (χ2n) is 4.86. The van der Waals surface area contributed by atoms with E-state index < -0.39 is 6.04 Å². The van der Waals surface area contributed by atoms with Gasteiger partial charge in [-0.1, -0.05) is 6.92 Å². The van der Waals surface area contributed by atoms with Gasteiger partial charge in [0.25, 0.3) is 5.56 Å². The second kappa shape index (κ2) is 5.81. The number of amides is 1. The molecule has 0 fully saturated rings. The van der Waals surface area contributed by atoms with Gasteiger partial charge in [0, 0.05) is 15.2 Å². The maximum atomic E-state index is 12.0. The molecule has 1 rings (SSSR count). The molecule has 18 heavy (non-hydrogen) atoms. The molecule has 1 heterocycles. The molecule has 0 bridgehead atoms. The molecule has 0 saturated heterocycles. The van der Waals surface area contributed by atoms with Crippen LogP contribution in [-0.4, -0.2) is 21.2 Å². The average molecular weight is 363 g/mol. The summed E-state index contributed by atoms with van der Waals surface area (Å²) in [4.78, 5) is 23.8. The molecule has 1 aromatic rings. The highest BCUT2D eigenvalue weighted by Gasteiger charge is 2.23. The molecule has 6 heteroatoms. The molecular formula is C12H18IN3O2. The topological polar surface area (TPSA) is 64.0 Å². The lowest BCUT2D eigenvalue weighted by atomic mass is 10.0. The van der Waals surface area contributed by atoms with Crippen molar-refractivity contribution in [2.45, 2.75) is 45.7 Å². The summed E-state index contributed by atoms with van der Waals surface area (Å²) in [7, 11) is 0. The van der Waals surface area contributed by atoms with Crippen LogP contribution < -0.4 is 10.9 Å². The van der Waals surface area contributed by atoms with Crippen LogP contribution in [0.5, 0.6) is 0 Å². The molecule has 0 radical (unpaired) electrons. The largest absolute Gasteiger partial charge is 0.349 e. The van der Waals surface area contributed by atoms with Gasteiger partial charge in [0.15, 0.2) is 0 Å². The van der Waals surface area contributed by atoms with Crippen molar-refractivity contribution in [3.8, 4) is 0 Å². The zero-order valence-electron chi connectivity index (χ0n) is 11.0. The molecule has 100 valence electrons. The van der Waals surface area contributed by atoms with Crippen LogP contribution >= 0.6 is 22.6 Å². The number of halogens is 1. The van der Waals surface area contributed by atoms with Crippen molar-refractivity contribution in [3.05, 3.63) is 26.2 Å². The number of nitrogens with one attached hydrogen (secondary N) is 1. The Balaban J connectivity index is 2.90. The third kappa shape index (κ3) is 3.79. The van der Waals surface area contributed by atoms with Crippen LogP contribution in [0.25, 0.3) is 0 Å². The number of carbonyl (C=O) groups is 1. The molecule has 0 aliphatic heterocycles. The standard InChI is InChI=1S/C12H18IN3O2/c1-5-12(3,4)15-11(18)8(2)16-10(17)6-9(13)7-14-16/h6-8H,5H2,1-4H3,(H,15,18). The van der Waals surface area contributed by atoms with Crippen molar-refractivity contribution in [3.63, 3.8) is 0 Å². The zero-order chi connectivity index (χ0) is 13.9. The Hall–Kier alpha value is -0.920. The fourth-order valence-electron chi connectivity index (χ4n) is 1.32. The number of rotatable bonds is 4. The Morgan fingerprint density at radius 1 is 1.61 bits per heavy atom. The first kappa shape index (κ1) is 15.1. The van der Waals surface area contributed by atoms with E-state index in [1.807, 2.05) is 43.4 Å². The van der Waals surface area contributed by atoms with Gasteiger partial charge < -0.3 is 5.32 Å². The Kier molecular flexibility index (Phi) is 4.89. The van der Waals surface area contributed by atoms with E-state index in [4.69, 9.17) is 0 Å². The van der Waals surface area contributed by atoms with E-state index in [1.165, 1.54) is 10.7 Å². The van der Waals surface area contributed by atoms with E-state index in [2.05, 4.69) is 10.4 Å². The minimum absolute atomic E-state index is 0.197. The fraction of sp³-hybridized carbons (Fsp3) is 0.583. The number of hydrogen-bond acceptors (Lipinski definition) is 3. The van der Waals surface area contributed by atoms with Crippen molar-refractivity contribution in [1.29, 1.82) is 0 Å². The number of hydrogen-bond donors (Lipinski definition) is 1. The van der Waals surface area contributed by atoms with Gasteiger partial charge in [-0.25, -0.2) is 4.68 Å². The lowest BCUT2D eigenvalue weighted by molar-refractivity contribution is -0.125. The molecule has 1 atom stereocenters. The molecule has 5 nitrogen and oxygen atoms in total. The van der Waals surface area contributed by atoms with Crippen molar-refractivity contribution < 1.29 is 4.79 Å². The lowest BCUT2D eigenvalue weighted by Gasteiger charge is -2.26. The third-order valence-corrected chi connectivity index (χ3v) is 3.47. The zero-order valence-corrected chi connectivity index (χ0v) is 13.2. The van der Waals surface area contributed by atoms with Crippen LogP contribution in [-0.2, 0) is 4.79 Å². The number of nitrogens with zero attached hydrogens (tertiary/aromatic N) is 2. The van der Waals surface area contributed by atoms with E-state index in [-0.39, 0.29) is 17.0 Å². The van der Waals surface area contributed by atoms with E-state index in [9.17, 15) is 9.59 Å². The molecule has 1 N–H and O–H groups in total. The molecule has 0 saturated carbocycles. The predicted octanol–water partition coefficient (Wildman–Crippen LogP) is 1.71. The van der Waals surface area contributed by atoms with Gasteiger partial charge in [-0.05, 0) is 49.8 Å². The van der Waals surface area contributed by atoms with Gasteiger partial charge in [-0.15, -0.1) is 0 Å². The van der Waals surface area contributed by atoms with Gasteiger partial charge in [-0.2, -0.15) is 5.10 Å². The lowest BCUT2D eigenvalue weighted by Crippen LogP contribution is -2.47. The monoisotopic (exact) mass is 363 g/mol. The Morgan fingerprint density at radius 3 is 2.72 bits per heavy atom. The first-order chi connectivity index (χ1) is 8.26. The van der Waals surface area contributed by atoms with Crippen LogP contribution in [0.3, 0.4) is 0 Å². The summed E-state index contributed by atoms with van der Waals surface area (Å²) in [5.74, 6) is -0.197. The molecule has 0 spiro atoms. The summed E-state index contributed by atoms with van der Waals surface area (Å²) in [6, 6.07) is 0.850. The van der Waals surface area contributed by atoms with Gasteiger partial charge in [0.2, 0.25) is 5.91 Å². The molecule has 0 aliphatic rings. The first-order valence-corrected chi connectivity index (χ1v) is 6.91. The van der Waals surface area contributed by atoms with E-state index in [1.54, 1.807) is 13.1 Å². The summed E-state index contributed by atoms with van der Waals surface area (Å²) >= 11 is 2.01. The van der Waals surface area contributed by atoms with Crippen molar-refractivity contribution in [1.82, 2.24) is 15.1 Å². The maximum Gasteiger partial charge on any atom is 0.268 e. The maximum absolute atomic E-state index is 12.0. The van der Waals surface area contributed by atoms with Crippen molar-refractivity contribution in [2.75, 3.05) is 0 Å². The molecule has 1 unspecified atom stereocenters. The molecule has 1 amide bonds. The first-order valence-electron chi connectivity index (χ1n) is 5.83. The summed E-state index contributed by atoms with van der Waals surface area (Å²) in [6.45, 7) is 7.56. The van der Waals surface area contributed by atoms with Gasteiger partial charge in [0.05, 0.1) is 6.20 Å². The predicted molar refractivity (Wildman–Crippen MR) is 78.4 cm³/mol. The number of aromatic nitrogens is 2. The molecule has 0 aromatic carbocycles. The van der Waals surface area contributed by atoms with E-state index in [0.717, 1.165) is 9.99 Å². The summed E-state index contributed by atoms with van der Waals surface area (Å²) in [5, 5.41) is 6.90. The Bertz CT molecular complexity index is 496. The summed E-state index contributed by atoms with van der Waals surface area (Å²) in [6.07, 6.45) is 2.39. The van der Waals surface area contributed by atoms with Gasteiger partial charge >= 0.3 is 0 Å². The van der Waals surface area contributed by atoms with Gasteiger partial charge in [0.1, 0.15) is 6.04 Å². The van der Waals surface area contributed by atoms with E-state index >= 15 is 0 Å². The quantitative estimate of drug-likeness (QED) is 0.829. The van der Waals surface area contributed by atoms with E-state index in [0.29, 0.717) is 0 Å². The molecular weight excluding hydrogens is 345 g/mol. The fourth-order valence-corrected chi connectivity index (χ4v) is 1.71. The Morgan fingerprint density at radius 2 is 2.22 bits per heavy atom. The third-order valence-electron chi connectivity index (χ3n) is 2.88. The highest BCUT2D eigenvalue weighted by Crippen LogP contribution is 2.10. The van der Waals surface area contributed by atoms with Crippen LogP contribution in [0.2, 0.25) is 0 Å². The minimum atomic E-state index is -0.611. The SMILES string of the molecule is CCC(C)(C)NC(=O)C(C)n1ncc(I)cc1=O. The molecule has 1 aromatic heterocycles. The summed E-state index contributed by atoms with van der Waals surface area (Å²) < 4.78 is 1.96. The van der Waals surface area contributed by atoms with Crippen LogP contribution in [0.4, 0.5) is 0 Å². The highest BCUT2D eigenvalue weighted by molar-refractivity contribution is 14.1. The Labute approximate surface area is 120 Å². The molecule has 0 aliphatic carbocycles. The van der Waals surface area contributed by atoms with Crippen molar-refractivity contribution in [2.24, 2.45) is 0 Å². The van der Waals surface area contributed by atoms with Crippen LogP contribution in [0, 0.1) is 3.57 Å². The van der Waals surface area contributed by atoms with Crippen LogP contribution in [0.15, 0.2) is 17.1 Å². The van der Waals surface area contributed by atoms with Crippen LogP contribution in [0.1, 0.15) is 40.2 Å². The van der Waals surface area contributed by atoms with Gasteiger partial charge in [-0.3, -0.25) is 9.59 Å². The minimum Gasteiger partial charge on any atom is -0.349 e. The number of carbonyl (C=O) groups excluding carboxylic acids is 1. The summed E-state index contributed by atoms with van der Waals surface area (Å²) in [5.41, 5.74) is -0.545. The van der Waals surface area contributed by atoms with Crippen molar-refractivity contribution >= 4 is 28.5 Å². The second-order valence-corrected chi connectivity index (χ2v) is 6.10. The normalized spacial score (nSPS) is 13.2. The highest BCUT2D eigenvalue weighted by atomic mass is 127. The average Bonchev–Trinajstić information content (AvgIpc) is 2.27.